The van der Waals surface area contributed by atoms with Crippen LogP contribution in [0.25, 0.3) is 11.1 Å². The van der Waals surface area contributed by atoms with Gasteiger partial charge in [-0.25, -0.2) is 9.78 Å². The van der Waals surface area contributed by atoms with Crippen LogP contribution in [0.1, 0.15) is 54.0 Å². The zero-order valence-corrected chi connectivity index (χ0v) is 19.5. The predicted molar refractivity (Wildman–Crippen MR) is 132 cm³/mol. The molecule has 0 aliphatic carbocycles. The van der Waals surface area contributed by atoms with Gasteiger partial charge >= 0.3 is 5.97 Å². The molecule has 1 heterocycles. The number of hydrogen-bond donors (Lipinski definition) is 2. The monoisotopic (exact) mass is 472 g/mol. The number of Topliss-reactive ketones (excluding diaryl/α,β-unsaturated/α-hetero) is 1. The van der Waals surface area contributed by atoms with Gasteiger partial charge in [0.1, 0.15) is 11.3 Å². The average molecular weight is 473 g/mol. The van der Waals surface area contributed by atoms with Crippen LogP contribution in [-0.2, 0) is 11.3 Å². The van der Waals surface area contributed by atoms with E-state index in [-0.39, 0.29) is 11.8 Å². The smallest absolute Gasteiger partial charge is 0.344 e. The Hall–Kier alpha value is -3.97. The molecule has 4 aromatic rings. The minimum absolute atomic E-state index is 0.0585. The van der Waals surface area contributed by atoms with E-state index in [2.05, 4.69) is 10.3 Å². The first-order valence-corrected chi connectivity index (χ1v) is 11.7. The van der Waals surface area contributed by atoms with Crippen molar-refractivity contribution in [3.63, 3.8) is 0 Å². The molecule has 180 valence electrons. The third-order valence-corrected chi connectivity index (χ3v) is 5.74. The van der Waals surface area contributed by atoms with Gasteiger partial charge in [0.15, 0.2) is 17.5 Å². The van der Waals surface area contributed by atoms with Crippen LogP contribution in [0, 0.1) is 0 Å². The highest BCUT2D eigenvalue weighted by Crippen LogP contribution is 2.25. The number of aromatic nitrogens is 1. The first-order valence-electron chi connectivity index (χ1n) is 11.7. The van der Waals surface area contributed by atoms with Gasteiger partial charge < -0.3 is 19.6 Å². The summed E-state index contributed by atoms with van der Waals surface area (Å²) in [4.78, 5) is 28.7. The second kappa shape index (κ2) is 11.4. The molecule has 0 saturated carbocycles. The molecule has 0 aliphatic rings. The minimum atomic E-state index is -0.991. The number of carbonyl (C=O) groups excluding carboxylic acids is 1. The number of fused-ring (bicyclic) bond motifs is 1. The number of ether oxygens (including phenoxy) is 1. The number of carbonyl (C=O) groups is 2. The molecule has 0 amide bonds. The molecule has 0 aliphatic heterocycles. The molecule has 2 N–H and O–H groups in total. The summed E-state index contributed by atoms with van der Waals surface area (Å²) in [5, 5.41) is 12.7. The molecular formula is C28H28N2O5. The molecule has 7 heteroatoms. The topological polar surface area (TPSA) is 102 Å². The zero-order valence-electron chi connectivity index (χ0n) is 19.5. The van der Waals surface area contributed by atoms with E-state index in [9.17, 15) is 14.7 Å². The number of hydrogen-bond acceptors (Lipinski definition) is 6. The first-order chi connectivity index (χ1) is 17.0. The Morgan fingerprint density at radius 1 is 1.03 bits per heavy atom. The number of nitrogens with one attached hydrogen (secondary N) is 1. The number of rotatable bonds is 12. The van der Waals surface area contributed by atoms with Crippen molar-refractivity contribution in [1.82, 2.24) is 10.3 Å². The van der Waals surface area contributed by atoms with Gasteiger partial charge in [0.25, 0.3) is 0 Å². The third kappa shape index (κ3) is 6.33. The van der Waals surface area contributed by atoms with E-state index in [1.54, 1.807) is 13.0 Å². The Morgan fingerprint density at radius 3 is 2.54 bits per heavy atom. The summed E-state index contributed by atoms with van der Waals surface area (Å²) >= 11 is 0. The number of benzene rings is 3. The molecule has 3 aromatic carbocycles. The average Bonchev–Trinajstić information content (AvgIpc) is 3.32. The molecule has 35 heavy (non-hydrogen) atoms. The Labute approximate surface area is 203 Å². The van der Waals surface area contributed by atoms with Crippen LogP contribution < -0.4 is 10.1 Å². The van der Waals surface area contributed by atoms with Crippen molar-refractivity contribution < 1.29 is 23.8 Å². The molecule has 0 fully saturated rings. The number of nitrogens with zero attached hydrogens (tertiary/aromatic N) is 1. The van der Waals surface area contributed by atoms with Crippen molar-refractivity contribution in [2.45, 2.75) is 44.9 Å². The molecule has 1 aromatic heterocycles. The van der Waals surface area contributed by atoms with Gasteiger partial charge in [-0.05, 0) is 42.7 Å². The molecular weight excluding hydrogens is 444 g/mol. The highest BCUT2D eigenvalue weighted by atomic mass is 16.5. The van der Waals surface area contributed by atoms with Gasteiger partial charge in [-0.1, -0.05) is 61.5 Å². The molecule has 2 unspecified atom stereocenters. The summed E-state index contributed by atoms with van der Waals surface area (Å²) in [5.74, 6) is 0.0888. The lowest BCUT2D eigenvalue weighted by atomic mass is 10.0. The van der Waals surface area contributed by atoms with E-state index in [0.717, 1.165) is 11.1 Å². The Morgan fingerprint density at radius 2 is 1.80 bits per heavy atom. The molecule has 0 spiro atoms. The summed E-state index contributed by atoms with van der Waals surface area (Å²) in [5.41, 5.74) is 3.05. The first kappa shape index (κ1) is 24.2. The van der Waals surface area contributed by atoms with Gasteiger partial charge in [0.05, 0.1) is 6.04 Å². The van der Waals surface area contributed by atoms with Crippen LogP contribution in [0.2, 0.25) is 0 Å². The van der Waals surface area contributed by atoms with E-state index in [4.69, 9.17) is 9.15 Å². The molecule has 0 bridgehead atoms. The number of para-hydroxylation sites is 2. The van der Waals surface area contributed by atoms with Crippen molar-refractivity contribution in [3.8, 4) is 5.75 Å². The van der Waals surface area contributed by atoms with Gasteiger partial charge in [0.2, 0.25) is 5.89 Å². The Bertz CT molecular complexity index is 1250. The molecule has 0 radical (unpaired) electrons. The van der Waals surface area contributed by atoms with Crippen molar-refractivity contribution in [2.75, 3.05) is 0 Å². The minimum Gasteiger partial charge on any atom is -0.479 e. The fraction of sp³-hybridized carbons (Fsp3) is 0.250. The summed E-state index contributed by atoms with van der Waals surface area (Å²) < 4.78 is 11.6. The molecule has 4 rings (SSSR count). The van der Waals surface area contributed by atoms with E-state index in [1.165, 1.54) is 0 Å². The number of carboxylic acid groups (broad SMARTS) is 1. The maximum atomic E-state index is 12.7. The van der Waals surface area contributed by atoms with Crippen LogP contribution in [0.5, 0.6) is 5.75 Å². The molecule has 2 atom stereocenters. The van der Waals surface area contributed by atoms with Gasteiger partial charge in [-0.15, -0.1) is 0 Å². The van der Waals surface area contributed by atoms with Gasteiger partial charge in [-0.3, -0.25) is 4.79 Å². The van der Waals surface area contributed by atoms with Gasteiger partial charge in [-0.2, -0.15) is 0 Å². The van der Waals surface area contributed by atoms with Crippen LogP contribution in [0.4, 0.5) is 0 Å². The van der Waals surface area contributed by atoms with Gasteiger partial charge in [0, 0.05) is 18.5 Å². The third-order valence-electron chi connectivity index (χ3n) is 5.74. The maximum Gasteiger partial charge on any atom is 0.344 e. The maximum absolute atomic E-state index is 12.7. The standard InChI is InChI=1S/C28H28N2O5/c1-2-25(28(32)33)34-21-12-8-9-19(17-21)18-29-23(15-16-24(31)20-10-4-3-5-11-20)27-30-22-13-6-7-14-26(22)35-27/h3-14,17,23,25,29H,2,15-16,18H2,1H3,(H,32,33). The number of ketones is 1. The number of carboxylic acids is 1. The lowest BCUT2D eigenvalue weighted by molar-refractivity contribution is -0.145. The van der Waals surface area contributed by atoms with Crippen LogP contribution >= 0.6 is 0 Å². The van der Waals surface area contributed by atoms with Crippen molar-refractivity contribution in [2.24, 2.45) is 0 Å². The van der Waals surface area contributed by atoms with Crippen molar-refractivity contribution >= 4 is 22.9 Å². The Kier molecular flexibility index (Phi) is 7.90. The lowest BCUT2D eigenvalue weighted by Gasteiger charge is -2.17. The fourth-order valence-corrected chi connectivity index (χ4v) is 3.84. The summed E-state index contributed by atoms with van der Waals surface area (Å²) in [7, 11) is 0. The second-order valence-electron chi connectivity index (χ2n) is 8.28. The summed E-state index contributed by atoms with van der Waals surface area (Å²) in [6, 6.07) is 23.8. The second-order valence-corrected chi connectivity index (χ2v) is 8.28. The Balaban J connectivity index is 1.49. The van der Waals surface area contributed by atoms with E-state index < -0.39 is 12.1 Å². The SMILES string of the molecule is CCC(Oc1cccc(CNC(CCC(=O)c2ccccc2)c2nc3ccccc3o2)c1)C(=O)O. The van der Waals surface area contributed by atoms with E-state index in [1.807, 2.05) is 72.8 Å². The highest BCUT2D eigenvalue weighted by Gasteiger charge is 2.21. The van der Waals surface area contributed by atoms with Crippen molar-refractivity contribution in [1.29, 1.82) is 0 Å². The number of oxazole rings is 1. The van der Waals surface area contributed by atoms with Crippen LogP contribution in [0.3, 0.4) is 0 Å². The summed E-state index contributed by atoms with van der Waals surface area (Å²) in [6.45, 7) is 2.23. The quantitative estimate of drug-likeness (QED) is 0.260. The highest BCUT2D eigenvalue weighted by molar-refractivity contribution is 5.96. The lowest BCUT2D eigenvalue weighted by Crippen LogP contribution is -2.26. The zero-order chi connectivity index (χ0) is 24.6. The van der Waals surface area contributed by atoms with Crippen LogP contribution in [-0.4, -0.2) is 27.9 Å². The van der Waals surface area contributed by atoms with E-state index in [0.29, 0.717) is 48.6 Å². The molecule has 0 saturated heterocycles. The summed E-state index contributed by atoms with van der Waals surface area (Å²) in [6.07, 6.45) is 0.316. The fourth-order valence-electron chi connectivity index (χ4n) is 3.84. The number of aliphatic carboxylic acids is 1. The normalized spacial score (nSPS) is 12.8. The molecule has 7 nitrogen and oxygen atoms in total. The van der Waals surface area contributed by atoms with E-state index >= 15 is 0 Å². The van der Waals surface area contributed by atoms with Crippen molar-refractivity contribution in [3.05, 3.63) is 95.9 Å². The van der Waals surface area contributed by atoms with Crippen LogP contribution in [0.15, 0.2) is 83.3 Å². The predicted octanol–water partition coefficient (Wildman–Crippen LogP) is 5.56. The largest absolute Gasteiger partial charge is 0.479 e.